The molecule has 1 aromatic carbocycles. The van der Waals surface area contributed by atoms with Gasteiger partial charge in [-0.1, -0.05) is 0 Å². The SMILES string of the molecule is Cn1cnc([N+](=O)[O-])c1C[N+](C)(C)C/C=C/C(=O)Nc1cc2c(Nc3ccc(F)c(C(F)(F)F)c3)ncnc2cn1.[Br-]. The number of benzene rings is 1. The summed E-state index contributed by atoms with van der Waals surface area (Å²) in [6.45, 7) is 0.652. The van der Waals surface area contributed by atoms with E-state index in [4.69, 9.17) is 0 Å². The molecule has 1 amide bonds. The summed E-state index contributed by atoms with van der Waals surface area (Å²) in [6, 6.07) is 3.91. The fraction of sp³-hybridized carbons (Fsp3) is 0.240. The summed E-state index contributed by atoms with van der Waals surface area (Å²) in [7, 11) is 5.36. The topological polar surface area (TPSA) is 141 Å². The van der Waals surface area contributed by atoms with Crippen LogP contribution in [0.25, 0.3) is 10.9 Å². The standard InChI is InChI=1S/C25H23F4N9O3.BrH/c1-36-14-33-24(37(40)41)20(36)12-38(2,3)8-4-5-22(39)35-21-10-16-19(11-30-21)31-13-32-23(16)34-15-6-7-18(26)17(9-15)25(27,28)29;/h4-7,9-11,13-14H,8,12H2,1-3H3,(H-,30,31,32,34,35,39);1H/b5-4+;. The molecule has 4 aromatic rings. The van der Waals surface area contributed by atoms with Crippen LogP contribution in [0.2, 0.25) is 0 Å². The van der Waals surface area contributed by atoms with E-state index >= 15 is 0 Å². The van der Waals surface area contributed by atoms with Crippen molar-refractivity contribution in [3.8, 4) is 0 Å². The first-order chi connectivity index (χ1) is 19.2. The second kappa shape index (κ2) is 12.6. The Hall–Kier alpha value is -4.51. The van der Waals surface area contributed by atoms with Gasteiger partial charge in [0.1, 0.15) is 30.3 Å². The third-order valence-corrected chi connectivity index (χ3v) is 5.96. The summed E-state index contributed by atoms with van der Waals surface area (Å²) < 4.78 is 54.9. The molecule has 0 spiro atoms. The molecule has 17 heteroatoms. The van der Waals surface area contributed by atoms with Gasteiger partial charge in [0.15, 0.2) is 5.69 Å². The molecule has 3 aromatic heterocycles. The van der Waals surface area contributed by atoms with E-state index in [9.17, 15) is 32.5 Å². The number of hydrogen-bond donors (Lipinski definition) is 2. The summed E-state index contributed by atoms with van der Waals surface area (Å²) in [5.74, 6) is -1.90. The summed E-state index contributed by atoms with van der Waals surface area (Å²) >= 11 is 0. The molecule has 4 rings (SSSR count). The molecule has 2 N–H and O–H groups in total. The van der Waals surface area contributed by atoms with Crippen molar-refractivity contribution in [2.75, 3.05) is 31.3 Å². The fourth-order valence-electron chi connectivity index (χ4n) is 3.94. The number of fused-ring (bicyclic) bond motifs is 1. The number of nitro groups is 1. The maximum atomic E-state index is 13.7. The maximum Gasteiger partial charge on any atom is 0.419 e. The summed E-state index contributed by atoms with van der Waals surface area (Å²) in [5.41, 5.74) is -0.693. The quantitative estimate of drug-likeness (QED) is 0.0907. The van der Waals surface area contributed by atoms with Crippen molar-refractivity contribution in [1.82, 2.24) is 24.5 Å². The third-order valence-electron chi connectivity index (χ3n) is 5.96. The lowest BCUT2D eigenvalue weighted by Crippen LogP contribution is -3.00. The predicted octanol–water partition coefficient (Wildman–Crippen LogP) is 1.34. The molecule has 42 heavy (non-hydrogen) atoms. The molecule has 3 heterocycles. The Kier molecular flexibility index (Phi) is 9.57. The lowest BCUT2D eigenvalue weighted by atomic mass is 10.1. The Balaban J connectivity index is 0.00000484. The number of nitrogens with one attached hydrogen (secondary N) is 2. The molecule has 0 aliphatic rings. The summed E-state index contributed by atoms with van der Waals surface area (Å²) in [5, 5.41) is 16.9. The van der Waals surface area contributed by atoms with Crippen LogP contribution in [0.5, 0.6) is 0 Å². The molecule has 0 radical (unpaired) electrons. The number of amides is 1. The molecular formula is C25H24BrF4N9O3. The van der Waals surface area contributed by atoms with Crippen LogP contribution in [0.3, 0.4) is 0 Å². The minimum Gasteiger partial charge on any atom is -1.00 e. The zero-order valence-corrected chi connectivity index (χ0v) is 23.9. The number of quaternary nitrogens is 1. The van der Waals surface area contributed by atoms with Gasteiger partial charge in [-0.05, 0) is 40.2 Å². The molecule has 0 fully saturated rings. The van der Waals surface area contributed by atoms with E-state index in [2.05, 4.69) is 30.6 Å². The van der Waals surface area contributed by atoms with Crippen LogP contribution in [0.4, 0.5) is 40.7 Å². The highest BCUT2D eigenvalue weighted by Gasteiger charge is 2.34. The smallest absolute Gasteiger partial charge is 0.419 e. The zero-order valence-electron chi connectivity index (χ0n) is 22.4. The molecule has 0 atom stereocenters. The van der Waals surface area contributed by atoms with E-state index in [1.54, 1.807) is 17.7 Å². The van der Waals surface area contributed by atoms with Gasteiger partial charge in [-0.2, -0.15) is 13.2 Å². The lowest BCUT2D eigenvalue weighted by Gasteiger charge is -2.27. The molecule has 0 unspecified atom stereocenters. The summed E-state index contributed by atoms with van der Waals surface area (Å²) in [4.78, 5) is 39.3. The fourth-order valence-corrected chi connectivity index (χ4v) is 3.94. The maximum absolute atomic E-state index is 13.7. The number of pyridine rings is 1. The minimum atomic E-state index is -4.88. The van der Waals surface area contributed by atoms with Crippen LogP contribution in [0.1, 0.15) is 11.3 Å². The molecule has 0 saturated heterocycles. The van der Waals surface area contributed by atoms with Gasteiger partial charge < -0.3 is 46.8 Å². The molecule has 0 aliphatic carbocycles. The highest BCUT2D eigenvalue weighted by Crippen LogP contribution is 2.34. The van der Waals surface area contributed by atoms with Crippen molar-refractivity contribution in [1.29, 1.82) is 0 Å². The predicted molar refractivity (Wildman–Crippen MR) is 140 cm³/mol. The number of likely N-dealkylation sites (N-methyl/N-ethyl adjacent to an activating group) is 1. The average Bonchev–Trinajstić information content (AvgIpc) is 3.24. The Labute approximate surface area is 246 Å². The monoisotopic (exact) mass is 653 g/mol. The van der Waals surface area contributed by atoms with Crippen molar-refractivity contribution in [2.24, 2.45) is 7.05 Å². The van der Waals surface area contributed by atoms with Gasteiger partial charge in [-0.25, -0.2) is 19.3 Å². The second-order valence-corrected chi connectivity index (χ2v) is 9.68. The molecule has 0 bridgehead atoms. The van der Waals surface area contributed by atoms with Crippen LogP contribution in [-0.4, -0.2) is 60.5 Å². The first kappa shape index (κ1) is 32.0. The van der Waals surface area contributed by atoms with Crippen LogP contribution >= 0.6 is 0 Å². The number of anilines is 3. The van der Waals surface area contributed by atoms with E-state index in [1.807, 2.05) is 14.1 Å². The number of aryl methyl sites for hydroxylation is 1. The minimum absolute atomic E-state index is 0. The number of alkyl halides is 3. The van der Waals surface area contributed by atoms with Crippen molar-refractivity contribution in [3.05, 3.63) is 82.5 Å². The van der Waals surface area contributed by atoms with Crippen LogP contribution in [-0.2, 0) is 24.6 Å². The molecule has 0 saturated carbocycles. The van der Waals surface area contributed by atoms with Gasteiger partial charge >= 0.3 is 12.0 Å². The third kappa shape index (κ3) is 7.61. The number of aromatic nitrogens is 5. The first-order valence-corrected chi connectivity index (χ1v) is 11.9. The highest BCUT2D eigenvalue weighted by atomic mass is 79.9. The summed E-state index contributed by atoms with van der Waals surface area (Å²) in [6.07, 6.45) is 1.94. The highest BCUT2D eigenvalue weighted by molar-refractivity contribution is 6.00. The van der Waals surface area contributed by atoms with Crippen molar-refractivity contribution >= 4 is 40.0 Å². The van der Waals surface area contributed by atoms with E-state index in [1.165, 1.54) is 31.0 Å². The number of rotatable bonds is 9. The van der Waals surface area contributed by atoms with Crippen molar-refractivity contribution in [2.45, 2.75) is 12.7 Å². The van der Waals surface area contributed by atoms with Crippen LogP contribution < -0.4 is 27.6 Å². The second-order valence-electron chi connectivity index (χ2n) is 9.68. The van der Waals surface area contributed by atoms with E-state index in [0.29, 0.717) is 46.3 Å². The number of carbonyl (C=O) groups excluding carboxylic acids is 1. The molecule has 12 nitrogen and oxygen atoms in total. The van der Waals surface area contributed by atoms with E-state index < -0.39 is 28.4 Å². The number of halogens is 5. The largest absolute Gasteiger partial charge is 1.00 e. The number of imidazole rings is 1. The Bertz CT molecular complexity index is 1660. The van der Waals surface area contributed by atoms with Gasteiger partial charge in [0.2, 0.25) is 12.2 Å². The zero-order chi connectivity index (χ0) is 29.9. The van der Waals surface area contributed by atoms with Crippen LogP contribution in [0.15, 0.2) is 55.3 Å². The van der Waals surface area contributed by atoms with Gasteiger partial charge in [0.05, 0.1) is 37.9 Å². The van der Waals surface area contributed by atoms with Gasteiger partial charge in [0, 0.05) is 24.2 Å². The van der Waals surface area contributed by atoms with Gasteiger partial charge in [-0.15, -0.1) is 0 Å². The van der Waals surface area contributed by atoms with E-state index in [0.717, 1.165) is 6.07 Å². The molecular weight excluding hydrogens is 630 g/mol. The van der Waals surface area contributed by atoms with Crippen molar-refractivity contribution in [3.63, 3.8) is 0 Å². The van der Waals surface area contributed by atoms with Crippen molar-refractivity contribution < 1.29 is 48.7 Å². The molecule has 0 aliphatic heterocycles. The van der Waals surface area contributed by atoms with E-state index in [-0.39, 0.29) is 40.1 Å². The normalized spacial score (nSPS) is 11.9. The lowest BCUT2D eigenvalue weighted by molar-refractivity contribution is -0.898. The number of carbonyl (C=O) groups is 1. The van der Waals surface area contributed by atoms with Gasteiger partial charge in [0.25, 0.3) is 0 Å². The van der Waals surface area contributed by atoms with Gasteiger partial charge in [-0.3, -0.25) is 4.79 Å². The Morgan fingerprint density at radius 1 is 1.17 bits per heavy atom. The Morgan fingerprint density at radius 2 is 1.90 bits per heavy atom. The Morgan fingerprint density at radius 3 is 2.60 bits per heavy atom. The first-order valence-electron chi connectivity index (χ1n) is 11.9. The average molecular weight is 654 g/mol. The van der Waals surface area contributed by atoms with Crippen LogP contribution in [0, 0.1) is 15.9 Å². The molecule has 222 valence electrons. The number of nitrogens with zero attached hydrogens (tertiary/aromatic N) is 7. The number of hydrogen-bond acceptors (Lipinski definition) is 8.